The molecule has 0 fully saturated rings. The standard InChI is InChI=1S/C19H18N6O/c1-2-24-12-15(11-23-24)19(26)21-10-14-6-5-9-20-18(14)25-13-22-16-7-3-4-8-17(16)25/h3-9,11-13H,2,10H2,1H3,(H,21,26). The molecule has 0 aliphatic carbocycles. The molecule has 1 N–H and O–H groups in total. The second-order valence-corrected chi connectivity index (χ2v) is 5.86. The van der Waals surface area contributed by atoms with Crippen LogP contribution in [0.15, 0.2) is 61.3 Å². The molecule has 0 bridgehead atoms. The molecule has 0 saturated carbocycles. The summed E-state index contributed by atoms with van der Waals surface area (Å²) in [7, 11) is 0. The van der Waals surface area contributed by atoms with E-state index >= 15 is 0 Å². The van der Waals surface area contributed by atoms with Gasteiger partial charge in [-0.1, -0.05) is 18.2 Å². The minimum Gasteiger partial charge on any atom is -0.348 e. The van der Waals surface area contributed by atoms with Gasteiger partial charge in [0.05, 0.1) is 22.8 Å². The molecular weight excluding hydrogens is 328 g/mol. The van der Waals surface area contributed by atoms with Gasteiger partial charge in [0.25, 0.3) is 5.91 Å². The van der Waals surface area contributed by atoms with E-state index in [4.69, 9.17) is 0 Å². The highest BCUT2D eigenvalue weighted by molar-refractivity contribution is 5.93. The van der Waals surface area contributed by atoms with Crippen molar-refractivity contribution in [3.63, 3.8) is 0 Å². The Balaban J connectivity index is 1.59. The molecule has 7 nitrogen and oxygen atoms in total. The van der Waals surface area contributed by atoms with E-state index in [2.05, 4.69) is 20.4 Å². The van der Waals surface area contributed by atoms with Gasteiger partial charge in [-0.3, -0.25) is 14.0 Å². The summed E-state index contributed by atoms with van der Waals surface area (Å²) in [5, 5.41) is 7.07. The molecule has 7 heteroatoms. The molecule has 26 heavy (non-hydrogen) atoms. The molecule has 0 radical (unpaired) electrons. The van der Waals surface area contributed by atoms with Gasteiger partial charge in [0, 0.05) is 31.0 Å². The van der Waals surface area contributed by atoms with Gasteiger partial charge >= 0.3 is 0 Å². The van der Waals surface area contributed by atoms with Crippen LogP contribution in [0.3, 0.4) is 0 Å². The Hall–Kier alpha value is -3.48. The summed E-state index contributed by atoms with van der Waals surface area (Å²) in [5.41, 5.74) is 3.33. The predicted octanol–water partition coefficient (Wildman–Crippen LogP) is 2.57. The van der Waals surface area contributed by atoms with Crippen molar-refractivity contribution in [1.29, 1.82) is 0 Å². The van der Waals surface area contributed by atoms with Crippen LogP contribution in [0.4, 0.5) is 0 Å². The summed E-state index contributed by atoms with van der Waals surface area (Å²) >= 11 is 0. The zero-order chi connectivity index (χ0) is 17.9. The molecule has 1 amide bonds. The van der Waals surface area contributed by atoms with Crippen LogP contribution in [0.5, 0.6) is 0 Å². The third kappa shape index (κ3) is 2.95. The lowest BCUT2D eigenvalue weighted by Crippen LogP contribution is -2.23. The van der Waals surface area contributed by atoms with Gasteiger partial charge in [0.2, 0.25) is 0 Å². The normalized spacial score (nSPS) is 11.0. The van der Waals surface area contributed by atoms with E-state index in [1.165, 1.54) is 0 Å². The highest BCUT2D eigenvalue weighted by Gasteiger charge is 2.12. The number of carbonyl (C=O) groups excluding carboxylic acids is 1. The van der Waals surface area contributed by atoms with Crippen LogP contribution in [-0.2, 0) is 13.1 Å². The van der Waals surface area contributed by atoms with Gasteiger partial charge in [-0.15, -0.1) is 0 Å². The van der Waals surface area contributed by atoms with Gasteiger partial charge in [-0.25, -0.2) is 9.97 Å². The number of imidazole rings is 1. The first kappa shape index (κ1) is 16.0. The summed E-state index contributed by atoms with van der Waals surface area (Å²) in [6.07, 6.45) is 6.81. The molecule has 4 rings (SSSR count). The Morgan fingerprint density at radius 1 is 1.15 bits per heavy atom. The number of para-hydroxylation sites is 2. The van der Waals surface area contributed by atoms with Crippen molar-refractivity contribution < 1.29 is 4.79 Å². The van der Waals surface area contributed by atoms with Crippen LogP contribution in [0.2, 0.25) is 0 Å². The summed E-state index contributed by atoms with van der Waals surface area (Å²) in [6, 6.07) is 11.7. The van der Waals surface area contributed by atoms with Crippen LogP contribution >= 0.6 is 0 Å². The number of nitrogens with one attached hydrogen (secondary N) is 1. The number of pyridine rings is 1. The number of fused-ring (bicyclic) bond motifs is 1. The van der Waals surface area contributed by atoms with E-state index in [-0.39, 0.29) is 5.91 Å². The molecule has 0 saturated heterocycles. The van der Waals surface area contributed by atoms with E-state index in [0.717, 1.165) is 29.0 Å². The molecule has 1 aromatic carbocycles. The lowest BCUT2D eigenvalue weighted by molar-refractivity contribution is 0.0951. The Morgan fingerprint density at radius 2 is 2.04 bits per heavy atom. The van der Waals surface area contributed by atoms with Crippen molar-refractivity contribution in [2.24, 2.45) is 0 Å². The molecule has 130 valence electrons. The zero-order valence-electron chi connectivity index (χ0n) is 14.3. The van der Waals surface area contributed by atoms with Crippen LogP contribution in [0.25, 0.3) is 16.9 Å². The first-order chi connectivity index (χ1) is 12.8. The van der Waals surface area contributed by atoms with Gasteiger partial charge in [0.1, 0.15) is 12.1 Å². The lowest BCUT2D eigenvalue weighted by atomic mass is 10.2. The second-order valence-electron chi connectivity index (χ2n) is 5.86. The summed E-state index contributed by atoms with van der Waals surface area (Å²) in [5.74, 6) is 0.598. The van der Waals surface area contributed by atoms with Gasteiger partial charge in [0.15, 0.2) is 0 Å². The van der Waals surface area contributed by atoms with Crippen molar-refractivity contribution in [2.45, 2.75) is 20.0 Å². The topological polar surface area (TPSA) is 77.6 Å². The van der Waals surface area contributed by atoms with E-state index in [1.54, 1.807) is 29.6 Å². The molecule has 0 unspecified atom stereocenters. The molecule has 4 aromatic rings. The summed E-state index contributed by atoms with van der Waals surface area (Å²) in [6.45, 7) is 3.07. The SMILES string of the molecule is CCn1cc(C(=O)NCc2cccnc2-n2cnc3ccccc32)cn1. The number of nitrogens with zero attached hydrogens (tertiary/aromatic N) is 5. The third-order valence-corrected chi connectivity index (χ3v) is 4.21. The lowest BCUT2D eigenvalue weighted by Gasteiger charge is -2.10. The fraction of sp³-hybridized carbons (Fsp3) is 0.158. The van der Waals surface area contributed by atoms with Gasteiger partial charge in [-0.2, -0.15) is 5.10 Å². The highest BCUT2D eigenvalue weighted by Crippen LogP contribution is 2.19. The Kier molecular flexibility index (Phi) is 4.18. The molecule has 3 heterocycles. The number of rotatable bonds is 5. The molecule has 0 aliphatic heterocycles. The first-order valence-electron chi connectivity index (χ1n) is 8.43. The van der Waals surface area contributed by atoms with Crippen molar-refractivity contribution in [2.75, 3.05) is 0 Å². The second kappa shape index (κ2) is 6.79. The van der Waals surface area contributed by atoms with E-state index in [1.807, 2.05) is 47.9 Å². The van der Waals surface area contributed by atoms with E-state index < -0.39 is 0 Å². The smallest absolute Gasteiger partial charge is 0.254 e. The van der Waals surface area contributed by atoms with Crippen LogP contribution in [-0.4, -0.2) is 30.2 Å². The Labute approximate surface area is 150 Å². The maximum Gasteiger partial charge on any atom is 0.254 e. The summed E-state index contributed by atoms with van der Waals surface area (Å²) < 4.78 is 3.66. The van der Waals surface area contributed by atoms with E-state index in [9.17, 15) is 4.79 Å². The number of hydrogen-bond donors (Lipinski definition) is 1. The number of hydrogen-bond acceptors (Lipinski definition) is 4. The Morgan fingerprint density at radius 3 is 2.88 bits per heavy atom. The Bertz CT molecular complexity index is 1060. The number of aryl methyl sites for hydroxylation is 1. The van der Waals surface area contributed by atoms with Crippen LogP contribution in [0, 0.1) is 0 Å². The third-order valence-electron chi connectivity index (χ3n) is 4.21. The quantitative estimate of drug-likeness (QED) is 0.602. The average Bonchev–Trinajstić information content (AvgIpc) is 3.33. The number of amides is 1. The largest absolute Gasteiger partial charge is 0.348 e. The molecular formula is C19H18N6O. The number of carbonyl (C=O) groups is 1. The minimum absolute atomic E-state index is 0.157. The van der Waals surface area contributed by atoms with Crippen molar-refractivity contribution >= 4 is 16.9 Å². The monoisotopic (exact) mass is 346 g/mol. The summed E-state index contributed by atoms with van der Waals surface area (Å²) in [4.78, 5) is 21.3. The molecule has 0 spiro atoms. The van der Waals surface area contributed by atoms with E-state index in [0.29, 0.717) is 12.1 Å². The van der Waals surface area contributed by atoms with Crippen LogP contribution in [0.1, 0.15) is 22.8 Å². The minimum atomic E-state index is -0.157. The van der Waals surface area contributed by atoms with Gasteiger partial charge < -0.3 is 5.32 Å². The first-order valence-corrected chi connectivity index (χ1v) is 8.43. The molecule has 3 aromatic heterocycles. The molecule has 0 aliphatic rings. The fourth-order valence-corrected chi connectivity index (χ4v) is 2.84. The highest BCUT2D eigenvalue weighted by atomic mass is 16.1. The number of benzene rings is 1. The maximum atomic E-state index is 12.4. The van der Waals surface area contributed by atoms with Crippen LogP contribution < -0.4 is 5.32 Å². The molecule has 0 atom stereocenters. The number of aromatic nitrogens is 5. The van der Waals surface area contributed by atoms with Crippen molar-refractivity contribution in [1.82, 2.24) is 29.6 Å². The fourth-order valence-electron chi connectivity index (χ4n) is 2.84. The van der Waals surface area contributed by atoms with Crippen molar-refractivity contribution in [3.8, 4) is 5.82 Å². The van der Waals surface area contributed by atoms with Crippen molar-refractivity contribution in [3.05, 3.63) is 72.4 Å². The van der Waals surface area contributed by atoms with Gasteiger partial charge in [-0.05, 0) is 25.1 Å². The zero-order valence-corrected chi connectivity index (χ0v) is 14.3. The maximum absolute atomic E-state index is 12.4. The predicted molar refractivity (Wildman–Crippen MR) is 97.9 cm³/mol. The average molecular weight is 346 g/mol.